The van der Waals surface area contributed by atoms with Crippen LogP contribution < -0.4 is 10.2 Å². The van der Waals surface area contributed by atoms with Crippen LogP contribution in [0.1, 0.15) is 33.6 Å². The number of fused-ring (bicyclic) bond motifs is 1. The van der Waals surface area contributed by atoms with Crippen molar-refractivity contribution in [1.29, 1.82) is 0 Å². The molecule has 2 heterocycles. The molecule has 0 spiro atoms. The van der Waals surface area contributed by atoms with Crippen LogP contribution in [0.25, 0.3) is 10.9 Å². The van der Waals surface area contributed by atoms with Gasteiger partial charge in [0.15, 0.2) is 0 Å². The van der Waals surface area contributed by atoms with E-state index in [-0.39, 0.29) is 5.91 Å². The third kappa shape index (κ3) is 3.53. The largest absolute Gasteiger partial charge is 0.465 e. The molecule has 0 unspecified atom stereocenters. The van der Waals surface area contributed by atoms with Gasteiger partial charge in [0.25, 0.3) is 5.91 Å². The molecular formula is C22H21N3O3. The van der Waals surface area contributed by atoms with Crippen molar-refractivity contribution in [2.24, 2.45) is 0 Å². The lowest BCUT2D eigenvalue weighted by Crippen LogP contribution is -2.24. The molecule has 3 aromatic rings. The van der Waals surface area contributed by atoms with Gasteiger partial charge in [-0.05, 0) is 43.2 Å². The number of carbonyl (C=O) groups is 2. The molecular weight excluding hydrogens is 354 g/mol. The Bertz CT molecular complexity index is 1040. The number of carbonyl (C=O) groups excluding carboxylic acids is 2. The highest BCUT2D eigenvalue weighted by Gasteiger charge is 2.22. The summed E-state index contributed by atoms with van der Waals surface area (Å²) in [5, 5.41) is 3.81. The van der Waals surface area contributed by atoms with Gasteiger partial charge in [-0.3, -0.25) is 4.79 Å². The minimum atomic E-state index is -0.443. The number of anilines is 2. The molecule has 142 valence electrons. The first-order valence-corrected chi connectivity index (χ1v) is 9.30. The molecule has 0 aliphatic carbocycles. The van der Waals surface area contributed by atoms with Crippen LogP contribution in [0.5, 0.6) is 0 Å². The van der Waals surface area contributed by atoms with Crippen LogP contribution in [0, 0.1) is 0 Å². The van der Waals surface area contributed by atoms with E-state index in [1.807, 2.05) is 30.3 Å². The molecule has 1 aromatic heterocycles. The van der Waals surface area contributed by atoms with Crippen molar-refractivity contribution in [1.82, 2.24) is 4.98 Å². The van der Waals surface area contributed by atoms with Gasteiger partial charge in [0, 0.05) is 24.2 Å². The lowest BCUT2D eigenvalue weighted by Gasteiger charge is -2.20. The van der Waals surface area contributed by atoms with Crippen LogP contribution in [0.15, 0.2) is 54.6 Å². The summed E-state index contributed by atoms with van der Waals surface area (Å²) < 4.78 is 4.75. The molecule has 1 fully saturated rings. The van der Waals surface area contributed by atoms with Gasteiger partial charge in [0.1, 0.15) is 5.82 Å². The fourth-order valence-corrected chi connectivity index (χ4v) is 3.48. The van der Waals surface area contributed by atoms with Gasteiger partial charge in [0.05, 0.1) is 23.8 Å². The highest BCUT2D eigenvalue weighted by atomic mass is 16.5. The maximum absolute atomic E-state index is 13.1. The number of nitrogens with zero attached hydrogens (tertiary/aromatic N) is 2. The zero-order chi connectivity index (χ0) is 19.5. The summed E-state index contributed by atoms with van der Waals surface area (Å²) in [5.74, 6) is 0.0150. The smallest absolute Gasteiger partial charge is 0.337 e. The second-order valence-corrected chi connectivity index (χ2v) is 6.77. The van der Waals surface area contributed by atoms with Gasteiger partial charge in [-0.15, -0.1) is 0 Å². The van der Waals surface area contributed by atoms with Crippen molar-refractivity contribution in [3.63, 3.8) is 0 Å². The van der Waals surface area contributed by atoms with Crippen molar-refractivity contribution < 1.29 is 14.3 Å². The minimum Gasteiger partial charge on any atom is -0.465 e. The molecule has 1 aliphatic heterocycles. The van der Waals surface area contributed by atoms with E-state index in [0.717, 1.165) is 36.8 Å². The highest BCUT2D eigenvalue weighted by molar-refractivity contribution is 6.10. The number of esters is 1. The van der Waals surface area contributed by atoms with E-state index < -0.39 is 5.97 Å². The highest BCUT2D eigenvalue weighted by Crippen LogP contribution is 2.27. The maximum atomic E-state index is 13.1. The summed E-state index contributed by atoms with van der Waals surface area (Å²) in [6.45, 7) is 1.78. The monoisotopic (exact) mass is 375 g/mol. The molecule has 1 saturated heterocycles. The third-order valence-electron chi connectivity index (χ3n) is 4.90. The number of rotatable bonds is 4. The van der Waals surface area contributed by atoms with E-state index in [2.05, 4.69) is 10.2 Å². The summed E-state index contributed by atoms with van der Waals surface area (Å²) >= 11 is 0. The summed E-state index contributed by atoms with van der Waals surface area (Å²) in [4.78, 5) is 31.8. The molecule has 0 bridgehead atoms. The van der Waals surface area contributed by atoms with E-state index >= 15 is 0 Å². The zero-order valence-corrected chi connectivity index (χ0v) is 15.6. The van der Waals surface area contributed by atoms with Crippen LogP contribution >= 0.6 is 0 Å². The number of methoxy groups -OCH3 is 1. The van der Waals surface area contributed by atoms with E-state index in [9.17, 15) is 9.59 Å². The Labute approximate surface area is 163 Å². The number of pyridine rings is 1. The number of nitrogens with one attached hydrogen (secondary N) is 1. The third-order valence-corrected chi connectivity index (χ3v) is 4.90. The van der Waals surface area contributed by atoms with Crippen LogP contribution in [0.4, 0.5) is 11.5 Å². The molecule has 1 N–H and O–H groups in total. The fraction of sp³-hybridized carbons (Fsp3) is 0.227. The number of ether oxygens (including phenoxy) is 1. The predicted octanol–water partition coefficient (Wildman–Crippen LogP) is 3.87. The topological polar surface area (TPSA) is 71.5 Å². The van der Waals surface area contributed by atoms with Gasteiger partial charge in [0.2, 0.25) is 0 Å². The second-order valence-electron chi connectivity index (χ2n) is 6.77. The van der Waals surface area contributed by atoms with E-state index in [1.165, 1.54) is 7.11 Å². The van der Waals surface area contributed by atoms with Crippen molar-refractivity contribution in [2.75, 3.05) is 30.4 Å². The lowest BCUT2D eigenvalue weighted by atomic mass is 10.1. The van der Waals surface area contributed by atoms with E-state index in [0.29, 0.717) is 22.6 Å². The van der Waals surface area contributed by atoms with Crippen LogP contribution in [-0.4, -0.2) is 37.1 Å². The Hall–Kier alpha value is -3.41. The molecule has 4 rings (SSSR count). The first-order valence-electron chi connectivity index (χ1n) is 9.30. The molecule has 0 saturated carbocycles. The van der Waals surface area contributed by atoms with Gasteiger partial charge in [-0.25, -0.2) is 9.78 Å². The Balaban J connectivity index is 1.70. The summed E-state index contributed by atoms with van der Waals surface area (Å²) in [7, 11) is 1.33. The summed E-state index contributed by atoms with van der Waals surface area (Å²) in [6, 6.07) is 16.4. The number of hydrogen-bond donors (Lipinski definition) is 1. The normalized spacial score (nSPS) is 13.5. The standard InChI is InChI=1S/C22H21N3O3/c1-28-22(27)16-8-6-9-17(13-16)23-21(26)18-14-15-7-2-3-10-19(15)24-20(18)25-11-4-5-12-25/h2-3,6-10,13-14H,4-5,11-12H2,1H3,(H,23,26). The molecule has 6 nitrogen and oxygen atoms in total. The second kappa shape index (κ2) is 7.68. The van der Waals surface area contributed by atoms with Gasteiger partial charge in [-0.2, -0.15) is 0 Å². The SMILES string of the molecule is COC(=O)c1cccc(NC(=O)c2cc3ccccc3nc2N2CCCC2)c1. The Morgan fingerprint density at radius 3 is 2.61 bits per heavy atom. The number of hydrogen-bond acceptors (Lipinski definition) is 5. The molecule has 2 aromatic carbocycles. The predicted molar refractivity (Wildman–Crippen MR) is 109 cm³/mol. The van der Waals surface area contributed by atoms with Crippen molar-refractivity contribution in [3.8, 4) is 0 Å². The molecule has 0 atom stereocenters. The summed E-state index contributed by atoms with van der Waals surface area (Å²) in [6.07, 6.45) is 2.19. The van der Waals surface area contributed by atoms with Crippen molar-refractivity contribution >= 4 is 34.3 Å². The number of para-hydroxylation sites is 1. The Kier molecular flexibility index (Phi) is 4.93. The molecule has 1 aliphatic rings. The quantitative estimate of drug-likeness (QED) is 0.701. The first-order chi connectivity index (χ1) is 13.7. The number of aromatic nitrogens is 1. The number of benzene rings is 2. The van der Waals surface area contributed by atoms with Gasteiger partial charge in [-0.1, -0.05) is 24.3 Å². The zero-order valence-electron chi connectivity index (χ0n) is 15.6. The maximum Gasteiger partial charge on any atom is 0.337 e. The van der Waals surface area contributed by atoms with Crippen LogP contribution in [0.2, 0.25) is 0 Å². The van der Waals surface area contributed by atoms with Crippen LogP contribution in [0.3, 0.4) is 0 Å². The lowest BCUT2D eigenvalue weighted by molar-refractivity contribution is 0.0600. The van der Waals surface area contributed by atoms with Crippen molar-refractivity contribution in [2.45, 2.75) is 12.8 Å². The molecule has 1 amide bonds. The first kappa shape index (κ1) is 18.0. The molecule has 6 heteroatoms. The Morgan fingerprint density at radius 2 is 1.82 bits per heavy atom. The molecule has 28 heavy (non-hydrogen) atoms. The van der Waals surface area contributed by atoms with Gasteiger partial charge >= 0.3 is 5.97 Å². The average molecular weight is 375 g/mol. The average Bonchev–Trinajstić information content (AvgIpc) is 3.27. The van der Waals surface area contributed by atoms with Gasteiger partial charge < -0.3 is 15.0 Å². The van der Waals surface area contributed by atoms with Crippen LogP contribution in [-0.2, 0) is 4.74 Å². The molecule has 0 radical (unpaired) electrons. The van der Waals surface area contributed by atoms with E-state index in [1.54, 1.807) is 24.3 Å². The fourth-order valence-electron chi connectivity index (χ4n) is 3.48. The Morgan fingerprint density at radius 1 is 1.04 bits per heavy atom. The van der Waals surface area contributed by atoms with E-state index in [4.69, 9.17) is 9.72 Å². The number of amides is 1. The summed E-state index contributed by atoms with van der Waals surface area (Å²) in [5.41, 5.74) is 2.32. The minimum absolute atomic E-state index is 0.248. The van der Waals surface area contributed by atoms with Crippen molar-refractivity contribution in [3.05, 3.63) is 65.7 Å².